The summed E-state index contributed by atoms with van der Waals surface area (Å²) in [7, 11) is 2.80. The lowest BCUT2D eigenvalue weighted by molar-refractivity contribution is 0.0593. The molecule has 0 aliphatic carbocycles. The fraction of sp³-hybridized carbons (Fsp3) is 0.180. The first-order chi connectivity index (χ1) is 29.1. The number of methoxy groups -OCH3 is 2. The molecule has 304 valence electrons. The van der Waals surface area contributed by atoms with Gasteiger partial charge in [0.25, 0.3) is 5.91 Å². The molecule has 0 spiro atoms. The number of hydrogen-bond acceptors (Lipinski definition) is 8. The molecule has 0 bridgehead atoms. The van der Waals surface area contributed by atoms with Crippen LogP contribution in [0.4, 0.5) is 11.4 Å². The summed E-state index contributed by atoms with van der Waals surface area (Å²) >= 11 is 0. The van der Waals surface area contributed by atoms with E-state index in [1.54, 1.807) is 23.7 Å². The van der Waals surface area contributed by atoms with Crippen LogP contribution in [0.1, 0.15) is 82.1 Å². The van der Waals surface area contributed by atoms with Crippen molar-refractivity contribution in [3.05, 3.63) is 189 Å². The highest BCUT2D eigenvalue weighted by atomic mass is 16.5. The van der Waals surface area contributed by atoms with Crippen LogP contribution in [-0.2, 0) is 22.3 Å². The molecule has 9 rings (SSSR count). The van der Waals surface area contributed by atoms with Crippen molar-refractivity contribution in [2.75, 3.05) is 24.9 Å². The van der Waals surface area contributed by atoms with Crippen LogP contribution in [0.25, 0.3) is 22.2 Å². The van der Waals surface area contributed by atoms with E-state index in [9.17, 15) is 14.4 Å². The molecular formula is C50H48N4O6. The Kier molecular flexibility index (Phi) is 12.4. The number of hydrogen-bond donors (Lipinski definition) is 5. The molecule has 0 saturated carbocycles. The van der Waals surface area contributed by atoms with Gasteiger partial charge < -0.3 is 25.1 Å². The molecule has 0 radical (unpaired) electrons. The summed E-state index contributed by atoms with van der Waals surface area (Å²) < 4.78 is 9.66. The predicted octanol–water partition coefficient (Wildman–Crippen LogP) is 10.2. The third-order valence-corrected chi connectivity index (χ3v) is 10.9. The molecule has 2 aliphatic heterocycles. The zero-order valence-corrected chi connectivity index (χ0v) is 34.3. The molecule has 1 aromatic heterocycles. The first-order valence-corrected chi connectivity index (χ1v) is 19.8. The molecular weight excluding hydrogens is 753 g/mol. The van der Waals surface area contributed by atoms with E-state index in [-0.39, 0.29) is 24.0 Å². The lowest BCUT2D eigenvalue weighted by Gasteiger charge is -2.13. The minimum atomic E-state index is -0.487. The number of aromatic amines is 1. The summed E-state index contributed by atoms with van der Waals surface area (Å²) in [6.07, 6.45) is 1.73. The van der Waals surface area contributed by atoms with Crippen LogP contribution in [0.2, 0.25) is 0 Å². The second-order valence-electron chi connectivity index (χ2n) is 15.0. The second kappa shape index (κ2) is 18.2. The van der Waals surface area contributed by atoms with E-state index in [0.29, 0.717) is 16.7 Å². The van der Waals surface area contributed by atoms with E-state index < -0.39 is 5.91 Å². The molecule has 10 nitrogen and oxygen atoms in total. The molecule has 0 saturated heterocycles. The van der Waals surface area contributed by atoms with Crippen molar-refractivity contribution in [3.63, 3.8) is 0 Å². The number of rotatable bonds is 6. The van der Waals surface area contributed by atoms with Gasteiger partial charge in [-0.1, -0.05) is 126 Å². The van der Waals surface area contributed by atoms with Crippen LogP contribution >= 0.6 is 0 Å². The van der Waals surface area contributed by atoms with Gasteiger partial charge in [0.1, 0.15) is 0 Å². The first kappa shape index (κ1) is 41.0. The molecule has 10 heteroatoms. The number of carbonyl (C=O) groups excluding carboxylic acids is 3. The van der Waals surface area contributed by atoms with Gasteiger partial charge in [-0.2, -0.15) is 0 Å². The SMILES string of the molecule is COC(=O)c1cccc2c1NC(c1ccc(C)cc1)C2.COC(=O)c1cccc2cc(-c3ccc(C)cc3)[nH]c12.Cc1ccc(C2Cc3cccc(C(=O)NO)c3N2)cc1. The Bertz CT molecular complexity index is 2530. The number of amides is 1. The van der Waals surface area contributed by atoms with Gasteiger partial charge in [-0.25, -0.2) is 15.1 Å². The lowest BCUT2D eigenvalue weighted by Crippen LogP contribution is -2.20. The summed E-state index contributed by atoms with van der Waals surface area (Å²) in [6.45, 7) is 6.20. The van der Waals surface area contributed by atoms with Crippen LogP contribution in [0.15, 0.2) is 133 Å². The maximum absolute atomic E-state index is 11.8. The molecule has 7 aromatic rings. The number of H-pyrrole nitrogens is 1. The Morgan fingerprint density at radius 1 is 0.583 bits per heavy atom. The van der Waals surface area contributed by atoms with Gasteiger partial charge in [0.05, 0.1) is 59.9 Å². The van der Waals surface area contributed by atoms with Crippen LogP contribution < -0.4 is 16.1 Å². The smallest absolute Gasteiger partial charge is 0.339 e. The maximum Gasteiger partial charge on any atom is 0.339 e. The topological polar surface area (TPSA) is 142 Å². The number of esters is 2. The summed E-state index contributed by atoms with van der Waals surface area (Å²) in [5.41, 5.74) is 16.4. The van der Waals surface area contributed by atoms with Crippen molar-refractivity contribution in [1.82, 2.24) is 10.5 Å². The van der Waals surface area contributed by atoms with Gasteiger partial charge >= 0.3 is 11.9 Å². The minimum Gasteiger partial charge on any atom is -0.465 e. The average Bonchev–Trinajstić information content (AvgIpc) is 4.04. The highest BCUT2D eigenvalue weighted by Crippen LogP contribution is 2.38. The van der Waals surface area contributed by atoms with E-state index in [1.807, 2.05) is 36.4 Å². The fourth-order valence-corrected chi connectivity index (χ4v) is 7.63. The van der Waals surface area contributed by atoms with Gasteiger partial charge in [0, 0.05) is 11.1 Å². The Morgan fingerprint density at radius 3 is 1.55 bits per heavy atom. The third kappa shape index (κ3) is 8.94. The Balaban J connectivity index is 0.000000136. The summed E-state index contributed by atoms with van der Waals surface area (Å²) in [5, 5.41) is 16.6. The molecule has 3 heterocycles. The summed E-state index contributed by atoms with van der Waals surface area (Å²) in [4.78, 5) is 38.5. The van der Waals surface area contributed by atoms with Crippen LogP contribution in [0.3, 0.4) is 0 Å². The number of carbonyl (C=O) groups is 3. The highest BCUT2D eigenvalue weighted by Gasteiger charge is 2.27. The van der Waals surface area contributed by atoms with Gasteiger partial charge in [-0.3, -0.25) is 10.0 Å². The Hall–Kier alpha value is -7.17. The molecule has 6 aromatic carbocycles. The minimum absolute atomic E-state index is 0.165. The number of aryl methyl sites for hydroxylation is 3. The summed E-state index contributed by atoms with van der Waals surface area (Å²) in [5.74, 6) is -1.11. The van der Waals surface area contributed by atoms with Crippen molar-refractivity contribution in [1.29, 1.82) is 0 Å². The second-order valence-corrected chi connectivity index (χ2v) is 15.0. The van der Waals surface area contributed by atoms with Crippen molar-refractivity contribution >= 4 is 40.1 Å². The van der Waals surface area contributed by atoms with E-state index in [0.717, 1.165) is 51.9 Å². The van der Waals surface area contributed by atoms with E-state index in [2.05, 4.69) is 115 Å². The quantitative estimate of drug-likeness (QED) is 0.0636. The number of aromatic nitrogens is 1. The van der Waals surface area contributed by atoms with Crippen molar-refractivity contribution < 1.29 is 29.1 Å². The number of anilines is 2. The zero-order chi connectivity index (χ0) is 42.3. The van der Waals surface area contributed by atoms with E-state index >= 15 is 0 Å². The molecule has 2 unspecified atom stereocenters. The molecule has 2 atom stereocenters. The number of para-hydroxylation sites is 3. The van der Waals surface area contributed by atoms with Gasteiger partial charge in [0.2, 0.25) is 0 Å². The molecule has 2 aliphatic rings. The third-order valence-electron chi connectivity index (χ3n) is 10.9. The van der Waals surface area contributed by atoms with Crippen molar-refractivity contribution in [3.8, 4) is 11.3 Å². The first-order valence-electron chi connectivity index (χ1n) is 19.8. The largest absolute Gasteiger partial charge is 0.465 e. The number of fused-ring (bicyclic) bond motifs is 3. The van der Waals surface area contributed by atoms with Crippen LogP contribution in [0, 0.1) is 20.8 Å². The number of ether oxygens (including phenoxy) is 2. The zero-order valence-electron chi connectivity index (χ0n) is 34.3. The monoisotopic (exact) mass is 800 g/mol. The lowest BCUT2D eigenvalue weighted by atomic mass is 10.0. The van der Waals surface area contributed by atoms with Crippen LogP contribution in [-0.4, -0.2) is 42.3 Å². The molecule has 0 fully saturated rings. The van der Waals surface area contributed by atoms with E-state index in [1.165, 1.54) is 47.6 Å². The number of hydroxylamine groups is 1. The number of nitrogens with one attached hydrogen (secondary N) is 4. The van der Waals surface area contributed by atoms with Crippen LogP contribution in [0.5, 0.6) is 0 Å². The van der Waals surface area contributed by atoms with E-state index in [4.69, 9.17) is 14.7 Å². The van der Waals surface area contributed by atoms with Gasteiger partial charge in [-0.05, 0) is 85.7 Å². The molecule has 60 heavy (non-hydrogen) atoms. The Morgan fingerprint density at radius 2 is 1.03 bits per heavy atom. The molecule has 1 amide bonds. The predicted molar refractivity (Wildman–Crippen MR) is 236 cm³/mol. The van der Waals surface area contributed by atoms with Gasteiger partial charge in [0.15, 0.2) is 0 Å². The number of benzene rings is 6. The average molecular weight is 801 g/mol. The van der Waals surface area contributed by atoms with Gasteiger partial charge in [-0.15, -0.1) is 0 Å². The summed E-state index contributed by atoms with van der Waals surface area (Å²) in [6, 6.07) is 44.5. The van der Waals surface area contributed by atoms with Crippen molar-refractivity contribution in [2.45, 2.75) is 45.7 Å². The fourth-order valence-electron chi connectivity index (χ4n) is 7.63. The van der Waals surface area contributed by atoms with Crippen molar-refractivity contribution in [2.24, 2.45) is 0 Å². The Labute approximate surface area is 349 Å². The maximum atomic E-state index is 11.8. The normalized spacial score (nSPS) is 14.5. The standard InChI is InChI=1S/C17H17NO2.C17H15NO2.C16H16N2O2/c2*1-11-6-8-12(9-7-11)15-10-13-4-3-5-14(16(13)18-15)17(19)20-2;1-10-5-7-11(8-6-10)14-9-12-3-2-4-13(15(12)17-14)16(19)18-20/h3-9,15,18H,10H2,1-2H3;3-10,18H,1-2H3;2-8,14,17,20H,9H2,1H3,(H,18,19). The molecule has 5 N–H and O–H groups in total. The highest BCUT2D eigenvalue weighted by molar-refractivity contribution is 6.04.